The van der Waals surface area contributed by atoms with Crippen molar-refractivity contribution in [3.63, 3.8) is 0 Å². The lowest BCUT2D eigenvalue weighted by Crippen LogP contribution is -2.51. The molecule has 1 aliphatic heterocycles. The van der Waals surface area contributed by atoms with E-state index in [1.807, 2.05) is 0 Å². The Morgan fingerprint density at radius 1 is 1.13 bits per heavy atom. The van der Waals surface area contributed by atoms with Gasteiger partial charge in [0.25, 0.3) is 0 Å². The molecule has 168 valence electrons. The number of likely N-dealkylation sites (tertiary alicyclic amines) is 1. The van der Waals surface area contributed by atoms with Gasteiger partial charge in [-0.05, 0) is 65.2 Å². The Balaban J connectivity index is 2.26. The van der Waals surface area contributed by atoms with Crippen LogP contribution in [0.3, 0.4) is 0 Å². The molecule has 1 aromatic carbocycles. The van der Waals surface area contributed by atoms with Crippen LogP contribution in [-0.4, -0.2) is 42.2 Å². The number of piperidine rings is 1. The molecule has 0 bridgehead atoms. The first kappa shape index (κ1) is 24.2. The number of benzene rings is 1. The van der Waals surface area contributed by atoms with Crippen LogP contribution in [0.25, 0.3) is 0 Å². The molecule has 0 spiro atoms. The van der Waals surface area contributed by atoms with Crippen LogP contribution in [0.5, 0.6) is 0 Å². The van der Waals surface area contributed by atoms with Crippen LogP contribution < -0.4 is 0 Å². The van der Waals surface area contributed by atoms with Crippen molar-refractivity contribution < 1.29 is 35.9 Å². The number of imide groups is 1. The molecule has 0 aromatic heterocycles. The van der Waals surface area contributed by atoms with Crippen LogP contribution in [0.15, 0.2) is 29.2 Å². The van der Waals surface area contributed by atoms with Crippen molar-refractivity contribution >= 4 is 21.8 Å². The van der Waals surface area contributed by atoms with Crippen LogP contribution in [0.1, 0.15) is 53.0 Å². The second kappa shape index (κ2) is 7.86. The highest BCUT2D eigenvalue weighted by Crippen LogP contribution is 2.40. The molecule has 0 unspecified atom stereocenters. The van der Waals surface area contributed by atoms with E-state index in [0.29, 0.717) is 6.07 Å². The fourth-order valence-electron chi connectivity index (χ4n) is 3.30. The second-order valence-corrected chi connectivity index (χ2v) is 11.4. The first-order valence-electron chi connectivity index (χ1n) is 9.42. The number of ether oxygens (including phenoxy) is 1. The molecule has 1 atom stereocenters. The lowest BCUT2D eigenvalue weighted by molar-refractivity contribution is -0.137. The summed E-state index contributed by atoms with van der Waals surface area (Å²) in [5.74, 6) is -1.25. The number of hydrogen-bond acceptors (Lipinski definition) is 5. The fraction of sp³-hybridized carbons (Fsp3) is 0.600. The summed E-state index contributed by atoms with van der Waals surface area (Å²) in [5, 5.41) is 0. The summed E-state index contributed by atoms with van der Waals surface area (Å²) in [6.45, 7) is 7.74. The van der Waals surface area contributed by atoms with E-state index < -0.39 is 54.7 Å². The molecule has 0 saturated carbocycles. The van der Waals surface area contributed by atoms with Gasteiger partial charge in [0.05, 0.1) is 15.2 Å². The quantitative estimate of drug-likeness (QED) is 0.682. The average molecular weight is 449 g/mol. The molecular weight excluding hydrogens is 423 g/mol. The van der Waals surface area contributed by atoms with Crippen molar-refractivity contribution in [2.45, 2.75) is 68.9 Å². The van der Waals surface area contributed by atoms with E-state index in [1.54, 1.807) is 20.8 Å². The summed E-state index contributed by atoms with van der Waals surface area (Å²) in [7, 11) is -4.20. The first-order valence-corrected chi connectivity index (χ1v) is 10.9. The molecule has 1 heterocycles. The predicted octanol–water partition coefficient (Wildman–Crippen LogP) is 4.43. The van der Waals surface area contributed by atoms with Gasteiger partial charge in [-0.1, -0.05) is 6.07 Å². The molecule has 1 saturated heterocycles. The van der Waals surface area contributed by atoms with Gasteiger partial charge >= 0.3 is 12.3 Å². The maximum atomic E-state index is 13.2. The first-order chi connectivity index (χ1) is 13.5. The van der Waals surface area contributed by atoms with Gasteiger partial charge in [0.2, 0.25) is 5.91 Å². The predicted molar refractivity (Wildman–Crippen MR) is 103 cm³/mol. The normalized spacial score (nSPS) is 19.0. The zero-order valence-corrected chi connectivity index (χ0v) is 18.4. The van der Waals surface area contributed by atoms with E-state index in [4.69, 9.17) is 4.74 Å². The molecule has 30 heavy (non-hydrogen) atoms. The molecule has 0 N–H and O–H groups in total. The van der Waals surface area contributed by atoms with Crippen molar-refractivity contribution in [2.75, 3.05) is 6.54 Å². The van der Waals surface area contributed by atoms with Crippen LogP contribution >= 0.6 is 0 Å². The molecule has 2 rings (SSSR count). The molecule has 0 radical (unpaired) electrons. The fourth-order valence-corrected chi connectivity index (χ4v) is 5.09. The van der Waals surface area contributed by atoms with Crippen LogP contribution in [-0.2, 0) is 25.5 Å². The third-order valence-electron chi connectivity index (χ3n) is 5.18. The van der Waals surface area contributed by atoms with E-state index in [1.165, 1.54) is 13.8 Å². The summed E-state index contributed by atoms with van der Waals surface area (Å²) in [4.78, 5) is 25.2. The molecule has 2 amide bonds. The lowest BCUT2D eigenvalue weighted by atomic mass is 9.85. The topological polar surface area (TPSA) is 80.8 Å². The second-order valence-electron chi connectivity index (χ2n) is 8.85. The van der Waals surface area contributed by atoms with Gasteiger partial charge in [0.15, 0.2) is 9.84 Å². The zero-order valence-electron chi connectivity index (χ0n) is 17.5. The van der Waals surface area contributed by atoms with E-state index >= 15 is 0 Å². The molecule has 1 aromatic rings. The largest absolute Gasteiger partial charge is 0.443 e. The van der Waals surface area contributed by atoms with Gasteiger partial charge in [-0.2, -0.15) is 13.2 Å². The third kappa shape index (κ3) is 4.96. The van der Waals surface area contributed by atoms with Crippen molar-refractivity contribution in [2.24, 2.45) is 5.92 Å². The Morgan fingerprint density at radius 3 is 2.23 bits per heavy atom. The summed E-state index contributed by atoms with van der Waals surface area (Å²) in [6.07, 6.45) is -5.52. The smallest absolute Gasteiger partial charge is 0.417 e. The lowest BCUT2D eigenvalue weighted by Gasteiger charge is -2.39. The Kier molecular flexibility index (Phi) is 6.34. The molecular formula is C20H26F3NO5S. The SMILES string of the molecule is CC(C)(C)OC(=O)N1CC[C@@H](C(C)(C)S(=O)(=O)c2cccc(C(F)(F)F)c2)CC1=O. The molecule has 10 heteroatoms. The monoisotopic (exact) mass is 449 g/mol. The van der Waals surface area contributed by atoms with Crippen LogP contribution in [0, 0.1) is 5.92 Å². The zero-order chi connectivity index (χ0) is 23.1. The van der Waals surface area contributed by atoms with Crippen molar-refractivity contribution in [1.82, 2.24) is 4.90 Å². The standard InChI is InChI=1S/C20H26F3NO5S/c1-18(2,3)29-17(26)24-10-9-13(12-16(24)25)19(4,5)30(27,28)15-8-6-7-14(11-15)20(21,22)23/h6-8,11,13H,9-10,12H2,1-5H3/t13-/m1/s1. The number of sulfone groups is 1. The molecule has 1 aliphatic rings. The average Bonchev–Trinajstić information content (AvgIpc) is 2.59. The Labute approximate surface area is 174 Å². The Bertz CT molecular complexity index is 932. The highest BCUT2D eigenvalue weighted by atomic mass is 32.2. The number of carbonyl (C=O) groups is 2. The Hall–Kier alpha value is -2.10. The highest BCUT2D eigenvalue weighted by molar-refractivity contribution is 7.92. The van der Waals surface area contributed by atoms with Gasteiger partial charge in [-0.3, -0.25) is 4.79 Å². The maximum Gasteiger partial charge on any atom is 0.417 e. The van der Waals surface area contributed by atoms with Gasteiger partial charge < -0.3 is 4.74 Å². The molecule has 1 fully saturated rings. The van der Waals surface area contributed by atoms with Crippen molar-refractivity contribution in [1.29, 1.82) is 0 Å². The number of hydrogen-bond donors (Lipinski definition) is 0. The van der Waals surface area contributed by atoms with E-state index in [0.717, 1.165) is 23.1 Å². The summed E-state index contributed by atoms with van der Waals surface area (Å²) in [5.41, 5.74) is -1.85. The van der Waals surface area contributed by atoms with E-state index in [9.17, 15) is 31.2 Å². The maximum absolute atomic E-state index is 13.2. The minimum Gasteiger partial charge on any atom is -0.443 e. The number of halogens is 3. The van der Waals surface area contributed by atoms with E-state index in [-0.39, 0.29) is 19.4 Å². The number of carbonyl (C=O) groups excluding carboxylic acids is 2. The van der Waals surface area contributed by atoms with Crippen molar-refractivity contribution in [3.8, 4) is 0 Å². The van der Waals surface area contributed by atoms with Gasteiger partial charge in [-0.15, -0.1) is 0 Å². The number of amides is 2. The summed E-state index contributed by atoms with van der Waals surface area (Å²) in [6, 6.07) is 3.57. The van der Waals surface area contributed by atoms with Crippen LogP contribution in [0.4, 0.5) is 18.0 Å². The summed E-state index contributed by atoms with van der Waals surface area (Å²) >= 11 is 0. The van der Waals surface area contributed by atoms with Gasteiger partial charge in [0, 0.05) is 13.0 Å². The minimum absolute atomic E-state index is 0.0278. The molecule has 0 aliphatic carbocycles. The van der Waals surface area contributed by atoms with E-state index in [2.05, 4.69) is 0 Å². The third-order valence-corrected chi connectivity index (χ3v) is 7.78. The van der Waals surface area contributed by atoms with Gasteiger partial charge in [-0.25, -0.2) is 18.1 Å². The van der Waals surface area contributed by atoms with Crippen molar-refractivity contribution in [3.05, 3.63) is 29.8 Å². The summed E-state index contributed by atoms with van der Waals surface area (Å²) < 4.78 is 69.0. The number of nitrogens with zero attached hydrogens (tertiary/aromatic N) is 1. The Morgan fingerprint density at radius 2 is 1.73 bits per heavy atom. The van der Waals surface area contributed by atoms with Gasteiger partial charge in [0.1, 0.15) is 5.60 Å². The highest BCUT2D eigenvalue weighted by Gasteiger charge is 2.47. The molecule has 6 nitrogen and oxygen atoms in total. The number of alkyl halides is 3. The minimum atomic E-state index is -4.68. The number of rotatable bonds is 3. The van der Waals surface area contributed by atoms with Crippen LogP contribution in [0.2, 0.25) is 0 Å².